The number of carbonyl (C=O) groups is 1. The average Bonchev–Trinajstić information content (AvgIpc) is 2.50. The molecule has 1 aromatic carbocycles. The molecule has 116 valence electrons. The van der Waals surface area contributed by atoms with Crippen molar-refractivity contribution in [1.82, 2.24) is 10.4 Å². The molecular weight excluding hydrogens is 268 g/mol. The SMILES string of the molecule is CC1CCCC(CO)N1CC(=O)NOCc1ccccc1. The summed E-state index contributed by atoms with van der Waals surface area (Å²) in [4.78, 5) is 19.2. The summed E-state index contributed by atoms with van der Waals surface area (Å²) in [7, 11) is 0. The van der Waals surface area contributed by atoms with Crippen LogP contribution in [0.3, 0.4) is 0 Å². The Morgan fingerprint density at radius 1 is 1.38 bits per heavy atom. The fourth-order valence-electron chi connectivity index (χ4n) is 2.79. The van der Waals surface area contributed by atoms with Gasteiger partial charge in [-0.25, -0.2) is 5.48 Å². The fourth-order valence-corrected chi connectivity index (χ4v) is 2.79. The molecule has 2 unspecified atom stereocenters. The molecule has 5 nitrogen and oxygen atoms in total. The number of carbonyl (C=O) groups excluding carboxylic acids is 1. The Morgan fingerprint density at radius 3 is 2.86 bits per heavy atom. The summed E-state index contributed by atoms with van der Waals surface area (Å²) in [5.41, 5.74) is 3.49. The molecule has 21 heavy (non-hydrogen) atoms. The van der Waals surface area contributed by atoms with Gasteiger partial charge in [0.05, 0.1) is 19.8 Å². The molecule has 1 aliphatic rings. The van der Waals surface area contributed by atoms with Crippen molar-refractivity contribution < 1.29 is 14.7 Å². The Labute approximate surface area is 125 Å². The van der Waals surface area contributed by atoms with Gasteiger partial charge in [-0.1, -0.05) is 36.8 Å². The number of hydrogen-bond acceptors (Lipinski definition) is 4. The molecule has 1 aliphatic heterocycles. The van der Waals surface area contributed by atoms with E-state index in [4.69, 9.17) is 4.84 Å². The lowest BCUT2D eigenvalue weighted by atomic mass is 9.97. The van der Waals surface area contributed by atoms with Gasteiger partial charge in [0.15, 0.2) is 0 Å². The molecule has 1 fully saturated rings. The second kappa shape index (κ2) is 8.12. The second-order valence-corrected chi connectivity index (χ2v) is 5.59. The first-order valence-corrected chi connectivity index (χ1v) is 7.52. The van der Waals surface area contributed by atoms with E-state index in [2.05, 4.69) is 17.3 Å². The molecular formula is C16H24N2O3. The van der Waals surface area contributed by atoms with E-state index in [1.165, 1.54) is 0 Å². The third-order valence-corrected chi connectivity index (χ3v) is 4.00. The van der Waals surface area contributed by atoms with Crippen LogP contribution >= 0.6 is 0 Å². The van der Waals surface area contributed by atoms with Gasteiger partial charge >= 0.3 is 0 Å². The highest BCUT2D eigenvalue weighted by Gasteiger charge is 2.28. The Kier molecular flexibility index (Phi) is 6.17. The summed E-state index contributed by atoms with van der Waals surface area (Å²) < 4.78 is 0. The van der Waals surface area contributed by atoms with Crippen LogP contribution < -0.4 is 5.48 Å². The molecule has 0 aromatic heterocycles. The summed E-state index contributed by atoms with van der Waals surface area (Å²) in [5.74, 6) is -0.168. The number of aliphatic hydroxyl groups excluding tert-OH is 1. The zero-order valence-electron chi connectivity index (χ0n) is 12.5. The molecule has 0 saturated carbocycles. The molecule has 0 bridgehead atoms. The number of rotatable bonds is 6. The number of hydrogen-bond donors (Lipinski definition) is 2. The standard InChI is InChI=1S/C16H24N2O3/c1-13-6-5-9-15(11-19)18(13)10-16(20)17-21-12-14-7-3-2-4-8-14/h2-4,7-8,13,15,19H,5-6,9-12H2,1H3,(H,17,20). The van der Waals surface area contributed by atoms with Crippen LogP contribution in [0.5, 0.6) is 0 Å². The van der Waals surface area contributed by atoms with Gasteiger partial charge in [-0.3, -0.25) is 14.5 Å². The molecule has 0 radical (unpaired) electrons. The van der Waals surface area contributed by atoms with E-state index < -0.39 is 0 Å². The number of nitrogens with zero attached hydrogens (tertiary/aromatic N) is 1. The minimum atomic E-state index is -0.168. The van der Waals surface area contributed by atoms with Crippen molar-refractivity contribution in [3.05, 3.63) is 35.9 Å². The maximum atomic E-state index is 11.9. The van der Waals surface area contributed by atoms with E-state index in [1.54, 1.807) is 0 Å². The Balaban J connectivity index is 1.75. The Bertz CT molecular complexity index is 438. The van der Waals surface area contributed by atoms with E-state index >= 15 is 0 Å². The summed E-state index contributed by atoms with van der Waals surface area (Å²) in [6.07, 6.45) is 3.11. The lowest BCUT2D eigenvalue weighted by molar-refractivity contribution is -0.137. The molecule has 2 rings (SSSR count). The van der Waals surface area contributed by atoms with Gasteiger partial charge < -0.3 is 5.11 Å². The number of benzene rings is 1. The monoisotopic (exact) mass is 292 g/mol. The minimum absolute atomic E-state index is 0.0774. The van der Waals surface area contributed by atoms with Gasteiger partial charge in [0, 0.05) is 12.1 Å². The summed E-state index contributed by atoms with van der Waals surface area (Å²) >= 11 is 0. The van der Waals surface area contributed by atoms with Crippen LogP contribution in [0.4, 0.5) is 0 Å². The average molecular weight is 292 g/mol. The van der Waals surface area contributed by atoms with Crippen LogP contribution in [0.15, 0.2) is 30.3 Å². The van der Waals surface area contributed by atoms with E-state index in [0.29, 0.717) is 12.6 Å². The summed E-state index contributed by atoms with van der Waals surface area (Å²) in [5, 5.41) is 9.41. The zero-order valence-corrected chi connectivity index (χ0v) is 12.5. The minimum Gasteiger partial charge on any atom is -0.395 e. The van der Waals surface area contributed by atoms with Crippen molar-refractivity contribution in [1.29, 1.82) is 0 Å². The van der Waals surface area contributed by atoms with Crippen LogP contribution in [-0.4, -0.2) is 41.1 Å². The lowest BCUT2D eigenvalue weighted by Gasteiger charge is -2.39. The first kappa shape index (κ1) is 15.9. The molecule has 1 heterocycles. The molecule has 5 heteroatoms. The third-order valence-electron chi connectivity index (χ3n) is 4.00. The van der Waals surface area contributed by atoms with E-state index in [9.17, 15) is 9.90 Å². The topological polar surface area (TPSA) is 61.8 Å². The van der Waals surface area contributed by atoms with Gasteiger partial charge in [-0.2, -0.15) is 0 Å². The van der Waals surface area contributed by atoms with Crippen LogP contribution in [0.2, 0.25) is 0 Å². The molecule has 2 N–H and O–H groups in total. The van der Waals surface area contributed by atoms with Crippen LogP contribution in [0, 0.1) is 0 Å². The predicted molar refractivity (Wildman–Crippen MR) is 80.3 cm³/mol. The largest absolute Gasteiger partial charge is 0.395 e. The van der Waals surface area contributed by atoms with Gasteiger partial charge in [0.1, 0.15) is 0 Å². The number of amides is 1. The van der Waals surface area contributed by atoms with Crippen molar-refractivity contribution in [2.45, 2.75) is 44.9 Å². The second-order valence-electron chi connectivity index (χ2n) is 5.59. The number of piperidine rings is 1. The number of likely N-dealkylation sites (tertiary alicyclic amines) is 1. The highest BCUT2D eigenvalue weighted by Crippen LogP contribution is 2.21. The van der Waals surface area contributed by atoms with E-state index in [0.717, 1.165) is 24.8 Å². The molecule has 1 saturated heterocycles. The van der Waals surface area contributed by atoms with Gasteiger partial charge in [0.25, 0.3) is 5.91 Å². The molecule has 1 aromatic rings. The smallest absolute Gasteiger partial charge is 0.257 e. The first-order chi connectivity index (χ1) is 10.2. The number of aliphatic hydroxyl groups is 1. The first-order valence-electron chi connectivity index (χ1n) is 7.52. The molecule has 1 amide bonds. The normalized spacial score (nSPS) is 23.0. The van der Waals surface area contributed by atoms with Crippen LogP contribution in [0.1, 0.15) is 31.7 Å². The molecule has 2 atom stereocenters. The molecule has 0 aliphatic carbocycles. The maximum Gasteiger partial charge on any atom is 0.257 e. The fraction of sp³-hybridized carbons (Fsp3) is 0.562. The van der Waals surface area contributed by atoms with E-state index in [1.807, 2.05) is 30.3 Å². The van der Waals surface area contributed by atoms with E-state index in [-0.39, 0.29) is 25.1 Å². The van der Waals surface area contributed by atoms with Crippen molar-refractivity contribution in [2.24, 2.45) is 0 Å². The summed E-state index contributed by atoms with van der Waals surface area (Å²) in [6, 6.07) is 10.1. The number of hydroxylamine groups is 1. The van der Waals surface area contributed by atoms with Crippen molar-refractivity contribution in [3.8, 4) is 0 Å². The van der Waals surface area contributed by atoms with Gasteiger partial charge in [0.2, 0.25) is 0 Å². The highest BCUT2D eigenvalue weighted by atomic mass is 16.6. The van der Waals surface area contributed by atoms with Crippen LogP contribution in [-0.2, 0) is 16.2 Å². The Morgan fingerprint density at radius 2 is 2.14 bits per heavy atom. The molecule has 0 spiro atoms. The van der Waals surface area contributed by atoms with Gasteiger partial charge in [-0.15, -0.1) is 0 Å². The van der Waals surface area contributed by atoms with Crippen molar-refractivity contribution >= 4 is 5.91 Å². The van der Waals surface area contributed by atoms with Crippen LogP contribution in [0.25, 0.3) is 0 Å². The quantitative estimate of drug-likeness (QED) is 0.780. The Hall–Kier alpha value is -1.43. The number of nitrogens with one attached hydrogen (secondary N) is 1. The highest BCUT2D eigenvalue weighted by molar-refractivity contribution is 5.77. The van der Waals surface area contributed by atoms with Gasteiger partial charge in [-0.05, 0) is 25.3 Å². The van der Waals surface area contributed by atoms with Crippen molar-refractivity contribution in [3.63, 3.8) is 0 Å². The predicted octanol–water partition coefficient (Wildman–Crippen LogP) is 1.47. The maximum absolute atomic E-state index is 11.9. The third kappa shape index (κ3) is 4.81. The lowest BCUT2D eigenvalue weighted by Crippen LogP contribution is -2.51. The zero-order chi connectivity index (χ0) is 15.1. The van der Waals surface area contributed by atoms with Crippen molar-refractivity contribution in [2.75, 3.05) is 13.2 Å². The summed E-state index contributed by atoms with van der Waals surface area (Å²) in [6.45, 7) is 2.81.